The molecule has 0 aliphatic rings. The highest BCUT2D eigenvalue weighted by molar-refractivity contribution is 9.10. The zero-order valence-electron chi connectivity index (χ0n) is 14.9. The summed E-state index contributed by atoms with van der Waals surface area (Å²) >= 11 is 9.94. The number of rotatable bonds is 3. The molecule has 0 aliphatic carbocycles. The van der Waals surface area contributed by atoms with Gasteiger partial charge in [0.05, 0.1) is 10.5 Å². The third-order valence-corrected chi connectivity index (χ3v) is 5.25. The second-order valence-electron chi connectivity index (χ2n) is 6.43. The molecule has 0 unspecified atom stereocenters. The number of anilines is 2. The maximum Gasteiger partial charge on any atom is 0.163 e. The summed E-state index contributed by atoms with van der Waals surface area (Å²) in [7, 11) is 0. The lowest BCUT2D eigenvalue weighted by Gasteiger charge is -2.15. The minimum atomic E-state index is 0.606. The van der Waals surface area contributed by atoms with Crippen LogP contribution in [0.25, 0.3) is 22.3 Å². The first-order valence-electron chi connectivity index (χ1n) is 8.58. The van der Waals surface area contributed by atoms with E-state index in [1.54, 1.807) is 0 Å². The van der Waals surface area contributed by atoms with Crippen molar-refractivity contribution in [3.63, 3.8) is 0 Å². The summed E-state index contributed by atoms with van der Waals surface area (Å²) < 4.78 is 1.06. The van der Waals surface area contributed by atoms with Crippen LogP contribution in [0.15, 0.2) is 65.1 Å². The lowest BCUT2D eigenvalue weighted by Crippen LogP contribution is -2.02. The van der Waals surface area contributed by atoms with E-state index in [1.165, 1.54) is 0 Å². The summed E-state index contributed by atoms with van der Waals surface area (Å²) in [6.45, 7) is 4.16. The number of aromatic nitrogens is 2. The summed E-state index contributed by atoms with van der Waals surface area (Å²) in [5, 5.41) is 5.13. The molecule has 3 aromatic carbocycles. The molecule has 1 heterocycles. The fourth-order valence-electron chi connectivity index (χ4n) is 3.16. The minimum Gasteiger partial charge on any atom is -0.339 e. The van der Waals surface area contributed by atoms with Crippen LogP contribution in [0.4, 0.5) is 11.5 Å². The van der Waals surface area contributed by atoms with E-state index >= 15 is 0 Å². The monoisotopic (exact) mass is 437 g/mol. The Labute approximate surface area is 171 Å². The zero-order valence-corrected chi connectivity index (χ0v) is 17.3. The van der Waals surface area contributed by atoms with Crippen LogP contribution in [0.3, 0.4) is 0 Å². The van der Waals surface area contributed by atoms with E-state index in [2.05, 4.69) is 47.2 Å². The molecule has 27 heavy (non-hydrogen) atoms. The first kappa shape index (κ1) is 18.0. The molecule has 5 heteroatoms. The molecule has 0 spiro atoms. The molecule has 4 aromatic rings. The number of fused-ring (bicyclic) bond motifs is 1. The lowest BCUT2D eigenvalue weighted by atomic mass is 10.1. The van der Waals surface area contributed by atoms with Crippen molar-refractivity contribution in [3.05, 3.63) is 81.3 Å². The molecule has 3 nitrogen and oxygen atoms in total. The molecular weight excluding hydrogens is 422 g/mol. The number of hydrogen-bond donors (Lipinski definition) is 1. The van der Waals surface area contributed by atoms with Gasteiger partial charge in [-0.15, -0.1) is 0 Å². The second-order valence-corrected chi connectivity index (χ2v) is 7.76. The van der Waals surface area contributed by atoms with Gasteiger partial charge in [-0.25, -0.2) is 9.97 Å². The average molecular weight is 439 g/mol. The Hall–Kier alpha value is -2.43. The van der Waals surface area contributed by atoms with Crippen molar-refractivity contribution in [1.29, 1.82) is 0 Å². The Morgan fingerprint density at radius 1 is 0.889 bits per heavy atom. The smallest absolute Gasteiger partial charge is 0.163 e. The van der Waals surface area contributed by atoms with E-state index in [-0.39, 0.29) is 0 Å². The third kappa shape index (κ3) is 3.55. The van der Waals surface area contributed by atoms with Gasteiger partial charge in [-0.05, 0) is 61.4 Å². The molecular formula is C22H17BrClN3. The largest absolute Gasteiger partial charge is 0.339 e. The van der Waals surface area contributed by atoms with E-state index in [1.807, 2.05) is 48.5 Å². The molecule has 0 radical (unpaired) electrons. The second kappa shape index (κ2) is 7.29. The van der Waals surface area contributed by atoms with Crippen molar-refractivity contribution >= 4 is 49.9 Å². The van der Waals surface area contributed by atoms with E-state index in [4.69, 9.17) is 21.6 Å². The van der Waals surface area contributed by atoms with Crippen molar-refractivity contribution in [3.8, 4) is 11.4 Å². The van der Waals surface area contributed by atoms with Crippen LogP contribution in [0.1, 0.15) is 11.1 Å². The Morgan fingerprint density at radius 2 is 1.56 bits per heavy atom. The molecule has 134 valence electrons. The number of halogens is 2. The van der Waals surface area contributed by atoms with Gasteiger partial charge in [0.25, 0.3) is 0 Å². The number of nitrogens with zero attached hydrogens (tertiary/aromatic N) is 2. The van der Waals surface area contributed by atoms with Crippen LogP contribution in [-0.4, -0.2) is 9.97 Å². The minimum absolute atomic E-state index is 0.606. The van der Waals surface area contributed by atoms with Crippen molar-refractivity contribution < 1.29 is 0 Å². The maximum atomic E-state index is 6.38. The van der Waals surface area contributed by atoms with Crippen LogP contribution in [-0.2, 0) is 0 Å². The maximum absolute atomic E-state index is 6.38. The summed E-state index contributed by atoms with van der Waals surface area (Å²) in [4.78, 5) is 9.54. The van der Waals surface area contributed by atoms with Crippen molar-refractivity contribution in [2.75, 3.05) is 5.32 Å². The molecule has 0 aliphatic heterocycles. The van der Waals surface area contributed by atoms with Gasteiger partial charge in [0, 0.05) is 21.1 Å². The Kier molecular flexibility index (Phi) is 4.85. The Morgan fingerprint density at radius 3 is 2.30 bits per heavy atom. The van der Waals surface area contributed by atoms with Crippen LogP contribution in [0.2, 0.25) is 5.02 Å². The number of aryl methyl sites for hydroxylation is 2. The molecule has 1 aromatic heterocycles. The first-order valence-corrected chi connectivity index (χ1v) is 9.75. The summed E-state index contributed by atoms with van der Waals surface area (Å²) in [5.74, 6) is 1.37. The SMILES string of the molecule is Cc1cc(Br)cc(C)c1Nc1nc(-c2ccccc2Cl)nc2ccccc12. The van der Waals surface area contributed by atoms with Crippen LogP contribution < -0.4 is 5.32 Å². The van der Waals surface area contributed by atoms with E-state index in [0.29, 0.717) is 10.8 Å². The van der Waals surface area contributed by atoms with Crippen molar-refractivity contribution in [2.24, 2.45) is 0 Å². The number of hydrogen-bond acceptors (Lipinski definition) is 3. The predicted octanol–water partition coefficient (Wildman–Crippen LogP) is 7.07. The Balaban J connectivity index is 1.91. The number of para-hydroxylation sites is 1. The standard InChI is InChI=1S/C22H17BrClN3/c1-13-11-15(23)12-14(2)20(13)26-22-17-8-4-6-10-19(17)25-21(27-22)16-7-3-5-9-18(16)24/h3-12H,1-2H3,(H,25,26,27). The first-order chi connectivity index (χ1) is 13.0. The molecule has 0 bridgehead atoms. The van der Waals surface area contributed by atoms with Crippen LogP contribution in [0.5, 0.6) is 0 Å². The van der Waals surface area contributed by atoms with Gasteiger partial charge >= 0.3 is 0 Å². The van der Waals surface area contributed by atoms with Gasteiger partial charge in [-0.3, -0.25) is 0 Å². The van der Waals surface area contributed by atoms with E-state index < -0.39 is 0 Å². The van der Waals surface area contributed by atoms with Gasteiger partial charge in [0.15, 0.2) is 5.82 Å². The van der Waals surface area contributed by atoms with Crippen LogP contribution in [0, 0.1) is 13.8 Å². The molecule has 0 atom stereocenters. The van der Waals surface area contributed by atoms with Crippen molar-refractivity contribution in [1.82, 2.24) is 9.97 Å². The molecule has 0 fully saturated rings. The average Bonchev–Trinajstić information content (AvgIpc) is 2.64. The zero-order chi connectivity index (χ0) is 19.0. The fraction of sp³-hybridized carbons (Fsp3) is 0.0909. The fourth-order valence-corrected chi connectivity index (χ4v) is 4.07. The third-order valence-electron chi connectivity index (χ3n) is 4.46. The van der Waals surface area contributed by atoms with Crippen LogP contribution >= 0.6 is 27.5 Å². The number of benzene rings is 3. The summed E-state index contributed by atoms with van der Waals surface area (Å²) in [6.07, 6.45) is 0. The molecule has 4 rings (SSSR count). The van der Waals surface area contributed by atoms with Gasteiger partial charge in [0.2, 0.25) is 0 Å². The van der Waals surface area contributed by atoms with Gasteiger partial charge in [0.1, 0.15) is 5.82 Å². The molecule has 0 saturated heterocycles. The lowest BCUT2D eigenvalue weighted by molar-refractivity contribution is 1.21. The van der Waals surface area contributed by atoms with Gasteiger partial charge < -0.3 is 5.32 Å². The molecule has 0 amide bonds. The topological polar surface area (TPSA) is 37.8 Å². The molecule has 1 N–H and O–H groups in total. The highest BCUT2D eigenvalue weighted by Crippen LogP contribution is 2.33. The summed E-state index contributed by atoms with van der Waals surface area (Å²) in [5.41, 5.74) is 5.02. The normalized spacial score (nSPS) is 11.0. The highest BCUT2D eigenvalue weighted by Gasteiger charge is 2.13. The van der Waals surface area contributed by atoms with Gasteiger partial charge in [-0.2, -0.15) is 0 Å². The highest BCUT2D eigenvalue weighted by atomic mass is 79.9. The van der Waals surface area contributed by atoms with E-state index in [9.17, 15) is 0 Å². The van der Waals surface area contributed by atoms with Gasteiger partial charge in [-0.1, -0.05) is 51.8 Å². The summed E-state index contributed by atoms with van der Waals surface area (Å²) in [6, 6.07) is 19.8. The quantitative estimate of drug-likeness (QED) is 0.371. The number of nitrogens with one attached hydrogen (secondary N) is 1. The van der Waals surface area contributed by atoms with Crippen molar-refractivity contribution in [2.45, 2.75) is 13.8 Å². The Bertz CT molecular complexity index is 1130. The predicted molar refractivity (Wildman–Crippen MR) is 117 cm³/mol. The van der Waals surface area contributed by atoms with E-state index in [0.717, 1.165) is 43.6 Å². The molecule has 0 saturated carbocycles.